The number of hydrogen-bond acceptors (Lipinski definition) is 6. The Morgan fingerprint density at radius 1 is 1.42 bits per heavy atom. The molecule has 19 heavy (non-hydrogen) atoms. The summed E-state index contributed by atoms with van der Waals surface area (Å²) in [6.45, 7) is 4.87. The largest absolute Gasteiger partial charge is 0.360 e. The van der Waals surface area contributed by atoms with Gasteiger partial charge in [-0.15, -0.1) is 10.2 Å². The van der Waals surface area contributed by atoms with Gasteiger partial charge in [-0.05, 0) is 26.2 Å². The second-order valence-corrected chi connectivity index (χ2v) is 6.11. The molecule has 1 aliphatic heterocycles. The van der Waals surface area contributed by atoms with Crippen LogP contribution in [-0.4, -0.2) is 52.7 Å². The van der Waals surface area contributed by atoms with Crippen molar-refractivity contribution in [2.75, 3.05) is 25.0 Å². The van der Waals surface area contributed by atoms with Crippen molar-refractivity contribution in [2.45, 2.75) is 38.3 Å². The maximum absolute atomic E-state index is 12.1. The number of likely N-dealkylation sites (tertiary alicyclic amines) is 1. The average molecular weight is 281 g/mol. The molecule has 1 unspecified atom stereocenters. The van der Waals surface area contributed by atoms with Crippen molar-refractivity contribution in [2.24, 2.45) is 0 Å². The summed E-state index contributed by atoms with van der Waals surface area (Å²) in [6.07, 6.45) is 3.69. The van der Waals surface area contributed by atoms with Gasteiger partial charge in [0.25, 0.3) is 5.91 Å². The number of hydrogen-bond donors (Lipinski definition) is 2. The van der Waals surface area contributed by atoms with E-state index in [4.69, 9.17) is 0 Å². The first-order valence-electron chi connectivity index (χ1n) is 6.88. The molecule has 104 valence electrons. The van der Waals surface area contributed by atoms with Gasteiger partial charge in [-0.25, -0.2) is 0 Å². The van der Waals surface area contributed by atoms with Crippen LogP contribution in [0, 0.1) is 0 Å². The third-order valence-corrected chi connectivity index (χ3v) is 4.45. The molecule has 7 heteroatoms. The molecule has 6 nitrogen and oxygen atoms in total. The lowest BCUT2D eigenvalue weighted by atomic mass is 10.2. The third kappa shape index (κ3) is 3.03. The quantitative estimate of drug-likeness (QED) is 0.840. The minimum Gasteiger partial charge on any atom is -0.360 e. The van der Waals surface area contributed by atoms with Crippen LogP contribution in [0.2, 0.25) is 0 Å². The molecule has 1 saturated heterocycles. The van der Waals surface area contributed by atoms with Crippen molar-refractivity contribution >= 4 is 22.4 Å². The van der Waals surface area contributed by atoms with E-state index in [1.165, 1.54) is 24.2 Å². The van der Waals surface area contributed by atoms with Gasteiger partial charge in [-0.1, -0.05) is 11.3 Å². The van der Waals surface area contributed by atoms with Crippen LogP contribution >= 0.6 is 11.3 Å². The first kappa shape index (κ1) is 12.8. The van der Waals surface area contributed by atoms with Crippen LogP contribution in [-0.2, 0) is 0 Å². The predicted molar refractivity (Wildman–Crippen MR) is 74.5 cm³/mol. The average Bonchev–Trinajstić information content (AvgIpc) is 2.96. The van der Waals surface area contributed by atoms with Gasteiger partial charge < -0.3 is 10.6 Å². The number of carbonyl (C=O) groups is 1. The SMILES string of the molecule is CCNc1nnc(C(=O)NC2CCN(C3CC3)C2)s1. The number of anilines is 1. The minimum atomic E-state index is -0.0932. The van der Waals surface area contributed by atoms with E-state index in [1.807, 2.05) is 6.92 Å². The first-order valence-corrected chi connectivity index (χ1v) is 7.70. The maximum Gasteiger partial charge on any atom is 0.282 e. The summed E-state index contributed by atoms with van der Waals surface area (Å²) in [5.41, 5.74) is 0. The molecule has 2 fully saturated rings. The van der Waals surface area contributed by atoms with E-state index in [2.05, 4.69) is 25.7 Å². The molecule has 1 amide bonds. The standard InChI is InChI=1S/C12H19N5OS/c1-2-13-12-16-15-11(19-12)10(18)14-8-5-6-17(7-8)9-3-4-9/h8-9H,2-7H2,1H3,(H,13,16)(H,14,18). The van der Waals surface area contributed by atoms with Crippen molar-refractivity contribution in [1.29, 1.82) is 0 Å². The van der Waals surface area contributed by atoms with Crippen LogP contribution in [0.1, 0.15) is 36.0 Å². The zero-order chi connectivity index (χ0) is 13.2. The topological polar surface area (TPSA) is 70.1 Å². The molecule has 1 aliphatic carbocycles. The summed E-state index contributed by atoms with van der Waals surface area (Å²) in [5, 5.41) is 15.1. The lowest BCUT2D eigenvalue weighted by molar-refractivity contribution is 0.0936. The fraction of sp³-hybridized carbons (Fsp3) is 0.750. The molecule has 0 bridgehead atoms. The van der Waals surface area contributed by atoms with Crippen LogP contribution < -0.4 is 10.6 Å². The Kier molecular flexibility index (Phi) is 3.65. The number of aromatic nitrogens is 2. The fourth-order valence-electron chi connectivity index (χ4n) is 2.46. The van der Waals surface area contributed by atoms with E-state index >= 15 is 0 Å². The molecule has 1 atom stereocenters. The number of carbonyl (C=O) groups excluding carboxylic acids is 1. The Hall–Kier alpha value is -1.21. The van der Waals surface area contributed by atoms with Gasteiger partial charge >= 0.3 is 0 Å². The summed E-state index contributed by atoms with van der Waals surface area (Å²) < 4.78 is 0. The van der Waals surface area contributed by atoms with Crippen molar-refractivity contribution in [1.82, 2.24) is 20.4 Å². The highest BCUT2D eigenvalue weighted by Gasteiger charge is 2.35. The predicted octanol–water partition coefficient (Wildman–Crippen LogP) is 0.936. The van der Waals surface area contributed by atoms with Gasteiger partial charge in [0.2, 0.25) is 10.1 Å². The molecule has 2 heterocycles. The molecule has 1 aromatic rings. The lowest BCUT2D eigenvalue weighted by Crippen LogP contribution is -2.37. The molecule has 0 aromatic carbocycles. The summed E-state index contributed by atoms with van der Waals surface area (Å²) in [4.78, 5) is 14.5. The fourth-order valence-corrected chi connectivity index (χ4v) is 3.18. The molecule has 0 radical (unpaired) electrons. The molecule has 1 aromatic heterocycles. The summed E-state index contributed by atoms with van der Waals surface area (Å²) >= 11 is 1.31. The molecular formula is C12H19N5OS. The van der Waals surface area contributed by atoms with Gasteiger partial charge in [-0.3, -0.25) is 9.69 Å². The van der Waals surface area contributed by atoms with Crippen molar-refractivity contribution in [3.05, 3.63) is 5.01 Å². The lowest BCUT2D eigenvalue weighted by Gasteiger charge is -2.15. The zero-order valence-corrected chi connectivity index (χ0v) is 11.9. The summed E-state index contributed by atoms with van der Waals surface area (Å²) in [7, 11) is 0. The second kappa shape index (κ2) is 5.42. The maximum atomic E-state index is 12.1. The Morgan fingerprint density at radius 2 is 2.26 bits per heavy atom. The monoisotopic (exact) mass is 281 g/mol. The first-order chi connectivity index (χ1) is 9.26. The normalized spacial score (nSPS) is 23.5. The number of nitrogens with one attached hydrogen (secondary N) is 2. The highest BCUT2D eigenvalue weighted by molar-refractivity contribution is 7.17. The van der Waals surface area contributed by atoms with E-state index in [0.717, 1.165) is 32.1 Å². The molecular weight excluding hydrogens is 262 g/mol. The van der Waals surface area contributed by atoms with Gasteiger partial charge in [-0.2, -0.15) is 0 Å². The van der Waals surface area contributed by atoms with E-state index in [-0.39, 0.29) is 11.9 Å². The smallest absolute Gasteiger partial charge is 0.282 e. The Balaban J connectivity index is 1.52. The van der Waals surface area contributed by atoms with E-state index < -0.39 is 0 Å². The van der Waals surface area contributed by atoms with Crippen molar-refractivity contribution in [3.8, 4) is 0 Å². The van der Waals surface area contributed by atoms with Crippen LogP contribution in [0.4, 0.5) is 5.13 Å². The van der Waals surface area contributed by atoms with E-state index in [1.54, 1.807) is 0 Å². The Labute approximate surface area is 116 Å². The van der Waals surface area contributed by atoms with Crippen LogP contribution in [0.15, 0.2) is 0 Å². The van der Waals surface area contributed by atoms with Gasteiger partial charge in [0.05, 0.1) is 0 Å². The number of rotatable bonds is 5. The van der Waals surface area contributed by atoms with Crippen molar-refractivity contribution in [3.63, 3.8) is 0 Å². The highest BCUT2D eigenvalue weighted by atomic mass is 32.1. The molecule has 0 spiro atoms. The molecule has 2 aliphatic rings. The number of nitrogens with zero attached hydrogens (tertiary/aromatic N) is 3. The van der Waals surface area contributed by atoms with Crippen LogP contribution in [0.25, 0.3) is 0 Å². The van der Waals surface area contributed by atoms with Crippen LogP contribution in [0.3, 0.4) is 0 Å². The van der Waals surface area contributed by atoms with E-state index in [9.17, 15) is 4.79 Å². The second-order valence-electron chi connectivity index (χ2n) is 5.13. The molecule has 1 saturated carbocycles. The Bertz CT molecular complexity index is 459. The van der Waals surface area contributed by atoms with Gasteiger partial charge in [0.1, 0.15) is 0 Å². The summed E-state index contributed by atoms with van der Waals surface area (Å²) in [6, 6.07) is 1.04. The van der Waals surface area contributed by atoms with Crippen molar-refractivity contribution < 1.29 is 4.79 Å². The molecule has 3 rings (SSSR count). The minimum absolute atomic E-state index is 0.0932. The zero-order valence-electron chi connectivity index (χ0n) is 11.1. The van der Waals surface area contributed by atoms with E-state index in [0.29, 0.717) is 10.1 Å². The highest BCUT2D eigenvalue weighted by Crippen LogP contribution is 2.29. The summed E-state index contributed by atoms with van der Waals surface area (Å²) in [5.74, 6) is -0.0932. The van der Waals surface area contributed by atoms with Gasteiger partial charge in [0, 0.05) is 31.7 Å². The Morgan fingerprint density at radius 3 is 3.00 bits per heavy atom. The third-order valence-electron chi connectivity index (χ3n) is 3.57. The van der Waals surface area contributed by atoms with Gasteiger partial charge in [0.15, 0.2) is 0 Å². The van der Waals surface area contributed by atoms with Crippen LogP contribution in [0.5, 0.6) is 0 Å². The molecule has 2 N–H and O–H groups in total. The number of amides is 1.